The van der Waals surface area contributed by atoms with Crippen molar-refractivity contribution >= 4 is 21.7 Å². The van der Waals surface area contributed by atoms with E-state index in [0.29, 0.717) is 11.3 Å². The monoisotopic (exact) mass is 362 g/mol. The molecule has 2 aromatic carbocycles. The van der Waals surface area contributed by atoms with Gasteiger partial charge in [0.1, 0.15) is 11.9 Å². The number of hydrogen-bond acceptors (Lipinski definition) is 4. The summed E-state index contributed by atoms with van der Waals surface area (Å²) in [6.45, 7) is 0.185. The molecule has 3 rings (SSSR count). The van der Waals surface area contributed by atoms with E-state index in [4.69, 9.17) is 14.2 Å². The number of rotatable bonds is 6. The predicted octanol–water partition coefficient (Wildman–Crippen LogP) is 3.75. The van der Waals surface area contributed by atoms with Crippen molar-refractivity contribution in [1.82, 2.24) is 0 Å². The van der Waals surface area contributed by atoms with Gasteiger partial charge in [-0.2, -0.15) is 0 Å². The third kappa shape index (κ3) is 3.38. The number of epoxide rings is 1. The Labute approximate surface area is 137 Å². The van der Waals surface area contributed by atoms with Crippen LogP contribution >= 0.6 is 15.9 Å². The lowest BCUT2D eigenvalue weighted by atomic mass is 10.0. The highest BCUT2D eigenvalue weighted by Crippen LogP contribution is 2.41. The summed E-state index contributed by atoms with van der Waals surface area (Å²) in [5, 5.41) is 0. The second-order valence-corrected chi connectivity index (χ2v) is 5.88. The van der Waals surface area contributed by atoms with Crippen molar-refractivity contribution in [3.63, 3.8) is 0 Å². The quantitative estimate of drug-likeness (QED) is 0.446. The normalized spacial score (nSPS) is 19.7. The summed E-state index contributed by atoms with van der Waals surface area (Å²) < 4.78 is 16.7. The molecule has 0 N–H and O–H groups in total. The Morgan fingerprint density at radius 3 is 2.45 bits per heavy atom. The van der Waals surface area contributed by atoms with Gasteiger partial charge in [-0.25, -0.2) is 0 Å². The fraction of sp³-hybridized carbons (Fsp3) is 0.235. The second-order valence-electron chi connectivity index (χ2n) is 4.97. The van der Waals surface area contributed by atoms with Gasteiger partial charge in [0.05, 0.1) is 0 Å². The lowest BCUT2D eigenvalue weighted by Crippen LogP contribution is -2.08. The van der Waals surface area contributed by atoms with E-state index < -0.39 is 6.10 Å². The minimum absolute atomic E-state index is 0.00814. The summed E-state index contributed by atoms with van der Waals surface area (Å²) in [5.41, 5.74) is 1.64. The summed E-state index contributed by atoms with van der Waals surface area (Å²) in [6.07, 6.45) is -0.545. The van der Waals surface area contributed by atoms with E-state index in [1.165, 1.54) is 0 Å². The number of hydrogen-bond donors (Lipinski definition) is 0. The maximum atomic E-state index is 12.4. The lowest BCUT2D eigenvalue weighted by molar-refractivity contribution is 0.0511. The van der Waals surface area contributed by atoms with Gasteiger partial charge in [0.25, 0.3) is 0 Å². The van der Waals surface area contributed by atoms with Crippen LogP contribution in [0.5, 0.6) is 5.75 Å². The summed E-state index contributed by atoms with van der Waals surface area (Å²) in [7, 11) is 1.56. The molecule has 1 fully saturated rings. The third-order valence-corrected chi connectivity index (χ3v) is 3.96. The molecule has 114 valence electrons. The molecular weight excluding hydrogens is 348 g/mol. The fourth-order valence-electron chi connectivity index (χ4n) is 2.22. The van der Waals surface area contributed by atoms with Crippen molar-refractivity contribution in [2.45, 2.75) is 12.2 Å². The Hall–Kier alpha value is -1.69. The highest BCUT2D eigenvalue weighted by atomic mass is 79.9. The predicted molar refractivity (Wildman–Crippen MR) is 85.0 cm³/mol. The first kappa shape index (κ1) is 15.2. The molecule has 0 radical (unpaired) electrons. The maximum Gasteiger partial charge on any atom is 0.194 e. The van der Waals surface area contributed by atoms with Crippen molar-refractivity contribution in [3.8, 4) is 5.75 Å². The standard InChI is InChI=1S/C17H15BrO4/c1-20-10-21-14-8-4-11(5-9-14)15(19)17-16(22-17)12-2-6-13(18)7-3-12/h2-9,16-17H,10H2,1H3. The number of ketones is 1. The molecule has 1 aliphatic rings. The summed E-state index contributed by atoms with van der Waals surface area (Å²) in [5.74, 6) is 0.658. The van der Waals surface area contributed by atoms with Gasteiger partial charge in [-0.1, -0.05) is 28.1 Å². The number of carbonyl (C=O) groups excluding carboxylic acids is 1. The fourth-order valence-corrected chi connectivity index (χ4v) is 2.49. The van der Waals surface area contributed by atoms with Crippen LogP contribution in [0.25, 0.3) is 0 Å². The molecule has 2 atom stereocenters. The lowest BCUT2D eigenvalue weighted by Gasteiger charge is -2.04. The third-order valence-electron chi connectivity index (χ3n) is 3.43. The number of Topliss-reactive ketones (excluding diaryl/α,β-unsaturated/α-hetero) is 1. The molecule has 2 aromatic rings. The zero-order valence-electron chi connectivity index (χ0n) is 12.0. The van der Waals surface area contributed by atoms with Crippen LogP contribution in [-0.2, 0) is 9.47 Å². The van der Waals surface area contributed by atoms with E-state index in [-0.39, 0.29) is 18.7 Å². The van der Waals surface area contributed by atoms with Gasteiger partial charge < -0.3 is 14.2 Å². The molecule has 4 nitrogen and oxygen atoms in total. The first-order valence-electron chi connectivity index (χ1n) is 6.86. The van der Waals surface area contributed by atoms with Crippen LogP contribution < -0.4 is 4.74 Å². The molecule has 1 saturated heterocycles. The largest absolute Gasteiger partial charge is 0.468 e. The van der Waals surface area contributed by atoms with E-state index in [1.54, 1.807) is 31.4 Å². The smallest absolute Gasteiger partial charge is 0.194 e. The molecule has 0 amide bonds. The number of halogens is 1. The number of methoxy groups -OCH3 is 1. The van der Waals surface area contributed by atoms with Crippen molar-refractivity contribution < 1.29 is 19.0 Å². The van der Waals surface area contributed by atoms with Gasteiger partial charge in [-0.15, -0.1) is 0 Å². The molecule has 0 saturated carbocycles. The van der Waals surface area contributed by atoms with Gasteiger partial charge in [-0.3, -0.25) is 4.79 Å². The second kappa shape index (κ2) is 6.60. The Bertz CT molecular complexity index is 651. The van der Waals surface area contributed by atoms with Crippen molar-refractivity contribution in [3.05, 3.63) is 64.1 Å². The van der Waals surface area contributed by atoms with Crippen molar-refractivity contribution in [2.24, 2.45) is 0 Å². The number of carbonyl (C=O) groups is 1. The van der Waals surface area contributed by atoms with Gasteiger partial charge in [0.15, 0.2) is 18.7 Å². The molecule has 1 aliphatic heterocycles. The van der Waals surface area contributed by atoms with Gasteiger partial charge in [0, 0.05) is 17.1 Å². The zero-order chi connectivity index (χ0) is 15.5. The molecule has 2 unspecified atom stereocenters. The minimum atomic E-state index is -0.396. The van der Waals surface area contributed by atoms with Gasteiger partial charge in [0.2, 0.25) is 0 Å². The van der Waals surface area contributed by atoms with Crippen LogP contribution in [0.15, 0.2) is 53.0 Å². The molecule has 0 aromatic heterocycles. The highest BCUT2D eigenvalue weighted by Gasteiger charge is 2.46. The van der Waals surface area contributed by atoms with Crippen LogP contribution in [0.3, 0.4) is 0 Å². The average molecular weight is 363 g/mol. The molecule has 5 heteroatoms. The SMILES string of the molecule is COCOc1ccc(C(=O)C2OC2c2ccc(Br)cc2)cc1. The number of ether oxygens (including phenoxy) is 3. The highest BCUT2D eigenvalue weighted by molar-refractivity contribution is 9.10. The first-order valence-corrected chi connectivity index (χ1v) is 7.65. The van der Waals surface area contributed by atoms with Crippen molar-refractivity contribution in [2.75, 3.05) is 13.9 Å². The molecule has 22 heavy (non-hydrogen) atoms. The Morgan fingerprint density at radius 1 is 1.14 bits per heavy atom. The Kier molecular flexibility index (Phi) is 4.57. The molecule has 0 bridgehead atoms. The van der Waals surface area contributed by atoms with E-state index in [1.807, 2.05) is 24.3 Å². The summed E-state index contributed by atoms with van der Waals surface area (Å²) in [6, 6.07) is 14.8. The first-order chi connectivity index (χ1) is 10.7. The van der Waals surface area contributed by atoms with E-state index in [2.05, 4.69) is 15.9 Å². The Morgan fingerprint density at radius 2 is 1.82 bits per heavy atom. The summed E-state index contributed by atoms with van der Waals surface area (Å²) >= 11 is 3.39. The molecule has 1 heterocycles. The van der Waals surface area contributed by atoms with Crippen LogP contribution in [0.2, 0.25) is 0 Å². The zero-order valence-corrected chi connectivity index (χ0v) is 13.6. The van der Waals surface area contributed by atoms with E-state index in [0.717, 1.165) is 10.0 Å². The molecule has 0 spiro atoms. The van der Waals surface area contributed by atoms with Crippen molar-refractivity contribution in [1.29, 1.82) is 0 Å². The van der Waals surface area contributed by atoms with Crippen LogP contribution in [0.4, 0.5) is 0 Å². The van der Waals surface area contributed by atoms with E-state index >= 15 is 0 Å². The topological polar surface area (TPSA) is 48.1 Å². The summed E-state index contributed by atoms with van der Waals surface area (Å²) in [4.78, 5) is 12.4. The minimum Gasteiger partial charge on any atom is -0.468 e. The van der Waals surface area contributed by atoms with E-state index in [9.17, 15) is 4.79 Å². The number of benzene rings is 2. The maximum absolute atomic E-state index is 12.4. The van der Waals surface area contributed by atoms with Gasteiger partial charge in [-0.05, 0) is 42.0 Å². The average Bonchev–Trinajstić information content (AvgIpc) is 3.34. The van der Waals surface area contributed by atoms with Crippen LogP contribution in [-0.4, -0.2) is 25.8 Å². The van der Waals surface area contributed by atoms with Gasteiger partial charge >= 0.3 is 0 Å². The molecular formula is C17H15BrO4. The van der Waals surface area contributed by atoms with Crippen LogP contribution in [0.1, 0.15) is 22.0 Å². The molecule has 0 aliphatic carbocycles. The van der Waals surface area contributed by atoms with Crippen LogP contribution in [0, 0.1) is 0 Å². The Balaban J connectivity index is 1.64.